The molecule has 0 saturated carbocycles. The van der Waals surface area contributed by atoms with Crippen molar-refractivity contribution in [3.63, 3.8) is 0 Å². The third-order valence-electron chi connectivity index (χ3n) is 3.73. The van der Waals surface area contributed by atoms with Crippen molar-refractivity contribution in [2.45, 2.75) is 6.54 Å². The molecule has 2 aromatic rings. The van der Waals surface area contributed by atoms with E-state index in [1.807, 2.05) is 42.5 Å². The Hall–Kier alpha value is -2.54. The second-order valence-electron chi connectivity index (χ2n) is 5.54. The topological polar surface area (TPSA) is 66.0 Å². The van der Waals surface area contributed by atoms with Gasteiger partial charge in [0.1, 0.15) is 11.5 Å². The van der Waals surface area contributed by atoms with E-state index in [0.29, 0.717) is 30.4 Å². The van der Waals surface area contributed by atoms with Crippen molar-refractivity contribution in [1.29, 1.82) is 0 Å². The van der Waals surface area contributed by atoms with Gasteiger partial charge in [0.25, 0.3) is 0 Å². The summed E-state index contributed by atoms with van der Waals surface area (Å²) in [5, 5.41) is 2.90. The number of carbonyl (C=O) groups is 1. The van der Waals surface area contributed by atoms with Crippen LogP contribution in [0.3, 0.4) is 0 Å². The Bertz CT molecular complexity index is 721. The molecule has 0 atom stereocenters. The van der Waals surface area contributed by atoms with Crippen molar-refractivity contribution >= 4 is 17.7 Å². The number of thioether (sulfide) groups is 1. The second-order valence-corrected chi connectivity index (χ2v) is 6.65. The van der Waals surface area contributed by atoms with E-state index < -0.39 is 0 Å². The van der Waals surface area contributed by atoms with Gasteiger partial charge in [-0.2, -0.15) is 0 Å². The van der Waals surface area contributed by atoms with E-state index in [4.69, 9.17) is 18.9 Å². The highest BCUT2D eigenvalue weighted by Gasteiger charge is 2.06. The number of benzene rings is 2. The molecule has 0 unspecified atom stereocenters. The molecule has 0 fully saturated rings. The van der Waals surface area contributed by atoms with Crippen LogP contribution in [-0.4, -0.2) is 45.3 Å². The molecule has 1 amide bonds. The number of ether oxygens (including phenoxy) is 4. The second kappa shape index (κ2) is 11.2. The molecule has 2 rings (SSSR count). The fourth-order valence-electron chi connectivity index (χ4n) is 2.30. The van der Waals surface area contributed by atoms with Crippen molar-refractivity contribution in [2.24, 2.45) is 0 Å². The molecule has 6 nitrogen and oxygen atoms in total. The van der Waals surface area contributed by atoms with Gasteiger partial charge in [-0.1, -0.05) is 6.07 Å². The van der Waals surface area contributed by atoms with Crippen LogP contribution in [0.2, 0.25) is 0 Å². The van der Waals surface area contributed by atoms with E-state index in [-0.39, 0.29) is 5.91 Å². The Morgan fingerprint density at radius 3 is 2.30 bits per heavy atom. The largest absolute Gasteiger partial charge is 0.497 e. The van der Waals surface area contributed by atoms with Crippen LogP contribution in [0.5, 0.6) is 23.0 Å². The molecule has 7 heteroatoms. The Balaban J connectivity index is 1.63. The Morgan fingerprint density at radius 2 is 1.63 bits per heavy atom. The third kappa shape index (κ3) is 6.94. The van der Waals surface area contributed by atoms with Gasteiger partial charge in [0.15, 0.2) is 11.5 Å². The first kappa shape index (κ1) is 20.8. The fourth-order valence-corrected chi connectivity index (χ4v) is 2.93. The fraction of sp³-hybridized carbons (Fsp3) is 0.350. The highest BCUT2D eigenvalue weighted by Crippen LogP contribution is 2.27. The summed E-state index contributed by atoms with van der Waals surface area (Å²) in [5.41, 5.74) is 0.953. The number of hydrogen-bond acceptors (Lipinski definition) is 6. The maximum absolute atomic E-state index is 12.0. The first-order valence-electron chi connectivity index (χ1n) is 8.48. The molecular formula is C20H25NO5S. The van der Waals surface area contributed by atoms with Gasteiger partial charge in [-0.15, -0.1) is 11.8 Å². The van der Waals surface area contributed by atoms with Gasteiger partial charge in [0.2, 0.25) is 5.91 Å². The zero-order valence-electron chi connectivity index (χ0n) is 15.8. The standard InChI is InChI=1S/C20H25NO5S/c1-23-16-5-7-17(8-6-16)26-10-11-27-14-20(22)21-13-15-4-9-18(24-2)19(12-15)25-3/h4-9,12H,10-11,13-14H2,1-3H3,(H,21,22). The minimum absolute atomic E-state index is 0.0146. The molecule has 27 heavy (non-hydrogen) atoms. The predicted molar refractivity (Wildman–Crippen MR) is 107 cm³/mol. The van der Waals surface area contributed by atoms with Gasteiger partial charge in [0.05, 0.1) is 33.7 Å². The summed E-state index contributed by atoms with van der Waals surface area (Å²) >= 11 is 1.53. The minimum Gasteiger partial charge on any atom is -0.497 e. The number of methoxy groups -OCH3 is 3. The Labute approximate surface area is 164 Å². The number of hydrogen-bond donors (Lipinski definition) is 1. The molecule has 1 N–H and O–H groups in total. The van der Waals surface area contributed by atoms with Crippen LogP contribution in [0.25, 0.3) is 0 Å². The molecular weight excluding hydrogens is 366 g/mol. The quantitative estimate of drug-likeness (QED) is 0.594. The van der Waals surface area contributed by atoms with Gasteiger partial charge >= 0.3 is 0 Å². The predicted octanol–water partition coefficient (Wildman–Crippen LogP) is 3.14. The van der Waals surface area contributed by atoms with Crippen LogP contribution in [-0.2, 0) is 11.3 Å². The highest BCUT2D eigenvalue weighted by atomic mass is 32.2. The van der Waals surface area contributed by atoms with Crippen molar-refractivity contribution in [3.8, 4) is 23.0 Å². The van der Waals surface area contributed by atoms with E-state index >= 15 is 0 Å². The summed E-state index contributed by atoms with van der Waals surface area (Å²) < 4.78 is 21.2. The maximum atomic E-state index is 12.0. The van der Waals surface area contributed by atoms with E-state index in [1.54, 1.807) is 21.3 Å². The van der Waals surface area contributed by atoms with Crippen LogP contribution in [0, 0.1) is 0 Å². The lowest BCUT2D eigenvalue weighted by atomic mass is 10.2. The molecule has 0 saturated heterocycles. The first-order chi connectivity index (χ1) is 13.2. The summed E-state index contributed by atoms with van der Waals surface area (Å²) in [5.74, 6) is 4.00. The molecule has 0 aliphatic rings. The number of nitrogens with one attached hydrogen (secondary N) is 1. The summed E-state index contributed by atoms with van der Waals surface area (Å²) in [6, 6.07) is 13.0. The molecule has 0 radical (unpaired) electrons. The van der Waals surface area contributed by atoms with Crippen LogP contribution < -0.4 is 24.3 Å². The van der Waals surface area contributed by atoms with Gasteiger partial charge < -0.3 is 24.3 Å². The lowest BCUT2D eigenvalue weighted by Gasteiger charge is -2.10. The molecule has 0 aliphatic carbocycles. The lowest BCUT2D eigenvalue weighted by molar-refractivity contribution is -0.118. The van der Waals surface area contributed by atoms with Gasteiger partial charge in [0, 0.05) is 12.3 Å². The van der Waals surface area contributed by atoms with Crippen LogP contribution in [0.15, 0.2) is 42.5 Å². The average Bonchev–Trinajstić information content (AvgIpc) is 2.72. The minimum atomic E-state index is -0.0146. The van der Waals surface area contributed by atoms with Gasteiger partial charge in [-0.25, -0.2) is 0 Å². The Kier molecular flexibility index (Phi) is 8.64. The molecule has 0 aromatic heterocycles. The monoisotopic (exact) mass is 391 g/mol. The average molecular weight is 391 g/mol. The SMILES string of the molecule is COc1ccc(OCCSCC(=O)NCc2ccc(OC)c(OC)c2)cc1. The normalized spacial score (nSPS) is 10.2. The smallest absolute Gasteiger partial charge is 0.230 e. The van der Waals surface area contributed by atoms with Crippen LogP contribution >= 0.6 is 11.8 Å². The van der Waals surface area contributed by atoms with Crippen LogP contribution in [0.4, 0.5) is 0 Å². The van der Waals surface area contributed by atoms with Crippen molar-refractivity contribution in [2.75, 3.05) is 39.4 Å². The van der Waals surface area contributed by atoms with Crippen molar-refractivity contribution in [1.82, 2.24) is 5.32 Å². The number of rotatable bonds is 11. The van der Waals surface area contributed by atoms with Gasteiger partial charge in [-0.05, 0) is 42.0 Å². The summed E-state index contributed by atoms with van der Waals surface area (Å²) in [6.45, 7) is 0.988. The van der Waals surface area contributed by atoms with E-state index in [2.05, 4.69) is 5.32 Å². The highest BCUT2D eigenvalue weighted by molar-refractivity contribution is 7.99. The zero-order chi connectivity index (χ0) is 19.5. The molecule has 0 spiro atoms. The summed E-state index contributed by atoms with van der Waals surface area (Å²) in [7, 11) is 4.81. The summed E-state index contributed by atoms with van der Waals surface area (Å²) in [4.78, 5) is 12.0. The van der Waals surface area contributed by atoms with Gasteiger partial charge in [-0.3, -0.25) is 4.79 Å². The van der Waals surface area contributed by atoms with Crippen LogP contribution in [0.1, 0.15) is 5.56 Å². The van der Waals surface area contributed by atoms with Crippen molar-refractivity contribution in [3.05, 3.63) is 48.0 Å². The van der Waals surface area contributed by atoms with E-state index in [9.17, 15) is 4.79 Å². The number of carbonyl (C=O) groups excluding carboxylic acids is 1. The molecule has 2 aromatic carbocycles. The molecule has 0 aliphatic heterocycles. The molecule has 0 bridgehead atoms. The van der Waals surface area contributed by atoms with E-state index in [1.165, 1.54) is 11.8 Å². The van der Waals surface area contributed by atoms with E-state index in [0.717, 1.165) is 22.8 Å². The number of amides is 1. The van der Waals surface area contributed by atoms with Crippen molar-refractivity contribution < 1.29 is 23.7 Å². The zero-order valence-corrected chi connectivity index (χ0v) is 16.6. The molecule has 0 heterocycles. The lowest BCUT2D eigenvalue weighted by Crippen LogP contribution is -2.25. The maximum Gasteiger partial charge on any atom is 0.230 e. The summed E-state index contributed by atoms with van der Waals surface area (Å²) in [6.07, 6.45) is 0. The molecule has 146 valence electrons. The Morgan fingerprint density at radius 1 is 0.926 bits per heavy atom. The third-order valence-corrected chi connectivity index (χ3v) is 4.65. The first-order valence-corrected chi connectivity index (χ1v) is 9.64.